The van der Waals surface area contributed by atoms with Gasteiger partial charge < -0.3 is 0 Å². The summed E-state index contributed by atoms with van der Waals surface area (Å²) in [6.45, 7) is 2.10. The van der Waals surface area contributed by atoms with Crippen LogP contribution < -0.4 is 0 Å². The molecular weight excluding hydrogens is 352 g/mol. The molecule has 1 aromatic heterocycles. The molecule has 2 nitrogen and oxygen atoms in total. The molecule has 29 heavy (non-hydrogen) atoms. The molecule has 0 N–H and O–H groups in total. The SMILES string of the molecule is Cc1cccc(-c2cc(-c3ccc4ccccc4c3)nc(-c3ccccc3)n2)c1. The van der Waals surface area contributed by atoms with Crippen LogP contribution in [0, 0.1) is 6.92 Å². The van der Waals surface area contributed by atoms with E-state index < -0.39 is 0 Å². The predicted octanol–water partition coefficient (Wildman–Crippen LogP) is 6.94. The molecule has 2 heteroatoms. The number of aromatic nitrogens is 2. The zero-order valence-corrected chi connectivity index (χ0v) is 16.2. The van der Waals surface area contributed by atoms with E-state index >= 15 is 0 Å². The van der Waals surface area contributed by atoms with E-state index in [2.05, 4.69) is 91.9 Å². The van der Waals surface area contributed by atoms with Gasteiger partial charge in [0.25, 0.3) is 0 Å². The Hall–Kier alpha value is -3.78. The fourth-order valence-corrected chi connectivity index (χ4v) is 3.61. The van der Waals surface area contributed by atoms with Crippen molar-refractivity contribution in [3.63, 3.8) is 0 Å². The first-order valence-corrected chi connectivity index (χ1v) is 9.77. The summed E-state index contributed by atoms with van der Waals surface area (Å²) < 4.78 is 0. The first-order valence-electron chi connectivity index (χ1n) is 9.77. The third-order valence-electron chi connectivity index (χ3n) is 5.12. The quantitative estimate of drug-likeness (QED) is 0.343. The van der Waals surface area contributed by atoms with Crippen molar-refractivity contribution in [3.8, 4) is 33.9 Å². The van der Waals surface area contributed by atoms with E-state index in [-0.39, 0.29) is 0 Å². The van der Waals surface area contributed by atoms with Crippen LogP contribution in [0.5, 0.6) is 0 Å². The van der Waals surface area contributed by atoms with Crippen molar-refractivity contribution in [1.29, 1.82) is 0 Å². The second-order valence-electron chi connectivity index (χ2n) is 7.26. The van der Waals surface area contributed by atoms with Gasteiger partial charge in [-0.25, -0.2) is 9.97 Å². The molecule has 5 aromatic rings. The maximum Gasteiger partial charge on any atom is 0.160 e. The van der Waals surface area contributed by atoms with Gasteiger partial charge in [-0.05, 0) is 35.9 Å². The molecule has 0 radical (unpaired) electrons. The highest BCUT2D eigenvalue weighted by Gasteiger charge is 2.11. The van der Waals surface area contributed by atoms with Gasteiger partial charge in [0.2, 0.25) is 0 Å². The highest BCUT2D eigenvalue weighted by Crippen LogP contribution is 2.29. The molecule has 0 saturated carbocycles. The third kappa shape index (κ3) is 3.53. The summed E-state index contributed by atoms with van der Waals surface area (Å²) in [6, 6.07) is 35.6. The second kappa shape index (κ2) is 7.33. The average molecular weight is 372 g/mol. The molecule has 138 valence electrons. The first kappa shape index (κ1) is 17.3. The number of hydrogen-bond acceptors (Lipinski definition) is 2. The lowest BCUT2D eigenvalue weighted by Gasteiger charge is -2.10. The minimum absolute atomic E-state index is 0.743. The van der Waals surface area contributed by atoms with Gasteiger partial charge in [-0.2, -0.15) is 0 Å². The van der Waals surface area contributed by atoms with E-state index in [1.54, 1.807) is 0 Å². The molecule has 0 amide bonds. The summed E-state index contributed by atoms with van der Waals surface area (Å²) in [4.78, 5) is 9.81. The van der Waals surface area contributed by atoms with Crippen molar-refractivity contribution in [2.45, 2.75) is 6.92 Å². The first-order chi connectivity index (χ1) is 14.3. The standard InChI is InChI=1S/C27H20N2/c1-19-8-7-13-23(16-19)25-18-26(29-27(28-25)21-10-3-2-4-11-21)24-15-14-20-9-5-6-12-22(20)17-24/h2-18H,1H3. The van der Waals surface area contributed by atoms with Crippen LogP contribution in [0.25, 0.3) is 44.7 Å². The number of rotatable bonds is 3. The highest BCUT2D eigenvalue weighted by atomic mass is 14.9. The van der Waals surface area contributed by atoms with Gasteiger partial charge in [-0.15, -0.1) is 0 Å². The van der Waals surface area contributed by atoms with Gasteiger partial charge in [0.05, 0.1) is 11.4 Å². The van der Waals surface area contributed by atoms with Gasteiger partial charge >= 0.3 is 0 Å². The summed E-state index contributed by atoms with van der Waals surface area (Å²) in [5.41, 5.74) is 6.30. The molecule has 0 unspecified atom stereocenters. The van der Waals surface area contributed by atoms with Crippen LogP contribution in [0.3, 0.4) is 0 Å². The molecule has 0 aliphatic carbocycles. The van der Waals surface area contributed by atoms with Gasteiger partial charge in [0, 0.05) is 16.7 Å². The topological polar surface area (TPSA) is 25.8 Å². The van der Waals surface area contributed by atoms with Gasteiger partial charge in [-0.3, -0.25) is 0 Å². The van der Waals surface area contributed by atoms with Crippen LogP contribution in [0.15, 0.2) is 103 Å². The maximum atomic E-state index is 4.92. The molecule has 0 atom stereocenters. The van der Waals surface area contributed by atoms with Crippen molar-refractivity contribution < 1.29 is 0 Å². The van der Waals surface area contributed by atoms with Crippen molar-refractivity contribution >= 4 is 10.8 Å². The number of aryl methyl sites for hydroxylation is 1. The van der Waals surface area contributed by atoms with Crippen LogP contribution in [0.4, 0.5) is 0 Å². The molecule has 0 saturated heterocycles. The molecule has 1 heterocycles. The summed E-state index contributed by atoms with van der Waals surface area (Å²) in [6.07, 6.45) is 0. The highest BCUT2D eigenvalue weighted by molar-refractivity contribution is 5.87. The Balaban J connectivity index is 1.72. The predicted molar refractivity (Wildman–Crippen MR) is 121 cm³/mol. The Labute approximate surface area is 170 Å². The van der Waals surface area contributed by atoms with Crippen LogP contribution in [-0.4, -0.2) is 9.97 Å². The summed E-state index contributed by atoms with van der Waals surface area (Å²) in [5, 5.41) is 2.44. The molecule has 0 fully saturated rings. The van der Waals surface area contributed by atoms with Crippen LogP contribution in [0.1, 0.15) is 5.56 Å². The number of benzene rings is 4. The zero-order chi connectivity index (χ0) is 19.6. The van der Waals surface area contributed by atoms with Crippen molar-refractivity contribution in [1.82, 2.24) is 9.97 Å². The van der Waals surface area contributed by atoms with Crippen molar-refractivity contribution in [2.75, 3.05) is 0 Å². The Morgan fingerprint density at radius 1 is 0.483 bits per heavy atom. The molecule has 0 spiro atoms. The van der Waals surface area contributed by atoms with Crippen molar-refractivity contribution in [2.24, 2.45) is 0 Å². The van der Waals surface area contributed by atoms with Crippen LogP contribution >= 0.6 is 0 Å². The minimum Gasteiger partial charge on any atom is -0.228 e. The Kier molecular flexibility index (Phi) is 4.38. The van der Waals surface area contributed by atoms with E-state index in [1.165, 1.54) is 16.3 Å². The van der Waals surface area contributed by atoms with Crippen molar-refractivity contribution in [3.05, 3.63) is 109 Å². The largest absolute Gasteiger partial charge is 0.228 e. The summed E-state index contributed by atoms with van der Waals surface area (Å²) in [5.74, 6) is 0.743. The van der Waals surface area contributed by atoms with E-state index in [4.69, 9.17) is 9.97 Å². The fraction of sp³-hybridized carbons (Fsp3) is 0.0370. The second-order valence-corrected chi connectivity index (χ2v) is 7.26. The lowest BCUT2D eigenvalue weighted by Crippen LogP contribution is -1.96. The number of nitrogens with zero attached hydrogens (tertiary/aromatic N) is 2. The number of hydrogen-bond donors (Lipinski definition) is 0. The van der Waals surface area contributed by atoms with Crippen LogP contribution in [0.2, 0.25) is 0 Å². The minimum atomic E-state index is 0.743. The van der Waals surface area contributed by atoms with Gasteiger partial charge in [0.1, 0.15) is 0 Å². The molecule has 0 aliphatic rings. The smallest absolute Gasteiger partial charge is 0.160 e. The fourth-order valence-electron chi connectivity index (χ4n) is 3.61. The van der Waals surface area contributed by atoms with Crippen LogP contribution in [-0.2, 0) is 0 Å². The Morgan fingerprint density at radius 3 is 1.90 bits per heavy atom. The molecule has 5 rings (SSSR count). The van der Waals surface area contributed by atoms with Gasteiger partial charge in [0.15, 0.2) is 5.82 Å². The molecule has 0 bridgehead atoms. The third-order valence-corrected chi connectivity index (χ3v) is 5.12. The maximum absolute atomic E-state index is 4.92. The zero-order valence-electron chi connectivity index (χ0n) is 16.2. The number of fused-ring (bicyclic) bond motifs is 1. The Morgan fingerprint density at radius 2 is 1.14 bits per heavy atom. The van der Waals surface area contributed by atoms with E-state index in [0.29, 0.717) is 0 Å². The average Bonchev–Trinajstić information content (AvgIpc) is 2.79. The molecule has 4 aromatic carbocycles. The van der Waals surface area contributed by atoms with E-state index in [1.807, 2.05) is 18.2 Å². The molecule has 0 aliphatic heterocycles. The summed E-state index contributed by atoms with van der Waals surface area (Å²) >= 11 is 0. The lowest BCUT2D eigenvalue weighted by molar-refractivity contribution is 1.18. The monoisotopic (exact) mass is 372 g/mol. The van der Waals surface area contributed by atoms with E-state index in [0.717, 1.165) is 33.9 Å². The summed E-state index contributed by atoms with van der Waals surface area (Å²) in [7, 11) is 0. The van der Waals surface area contributed by atoms with E-state index in [9.17, 15) is 0 Å². The van der Waals surface area contributed by atoms with Gasteiger partial charge in [-0.1, -0.05) is 90.5 Å². The normalized spacial score (nSPS) is 10.9. The molecular formula is C27H20N2. The Bertz CT molecular complexity index is 1310. The lowest BCUT2D eigenvalue weighted by atomic mass is 10.0.